The molecule has 2 aromatic rings. The van der Waals surface area contributed by atoms with Crippen molar-refractivity contribution >= 4 is 17.2 Å². The summed E-state index contributed by atoms with van der Waals surface area (Å²) in [6, 6.07) is 9.22. The average molecular weight is 257 g/mol. The van der Waals surface area contributed by atoms with Crippen molar-refractivity contribution in [1.29, 1.82) is 0 Å². The number of aldehydes is 1. The van der Waals surface area contributed by atoms with E-state index in [4.69, 9.17) is 9.47 Å². The number of fused-ring (bicyclic) bond motifs is 1. The molecule has 0 atom stereocenters. The van der Waals surface area contributed by atoms with Crippen LogP contribution in [-0.4, -0.2) is 30.6 Å². The Labute approximate surface area is 111 Å². The molecule has 0 unspecified atom stereocenters. The second kappa shape index (κ2) is 5.36. The van der Waals surface area contributed by atoms with Crippen molar-refractivity contribution in [3.8, 4) is 5.88 Å². The largest absolute Gasteiger partial charge is 0.474 e. The van der Waals surface area contributed by atoms with Gasteiger partial charge in [0.2, 0.25) is 5.88 Å². The smallest absolute Gasteiger partial charge is 0.214 e. The summed E-state index contributed by atoms with van der Waals surface area (Å²) in [6.07, 6.45) is 2.84. The Balaban J connectivity index is 1.82. The molecule has 0 radical (unpaired) electrons. The first-order valence-electron chi connectivity index (χ1n) is 6.45. The Morgan fingerprint density at radius 2 is 2.05 bits per heavy atom. The standard InChI is InChI=1S/C15H15NO3/c17-10-11-1-3-14-12(9-11)2-4-15(16-14)19-13-5-7-18-8-6-13/h1-4,9-10,13H,5-8H2. The van der Waals surface area contributed by atoms with E-state index < -0.39 is 0 Å². The summed E-state index contributed by atoms with van der Waals surface area (Å²) in [6.45, 7) is 1.50. The van der Waals surface area contributed by atoms with Gasteiger partial charge in [-0.05, 0) is 24.3 Å². The van der Waals surface area contributed by atoms with Crippen molar-refractivity contribution in [3.05, 3.63) is 35.9 Å². The Morgan fingerprint density at radius 3 is 2.84 bits per heavy atom. The van der Waals surface area contributed by atoms with E-state index in [1.54, 1.807) is 6.07 Å². The van der Waals surface area contributed by atoms with E-state index in [9.17, 15) is 4.79 Å². The predicted molar refractivity (Wildman–Crippen MR) is 71.6 cm³/mol. The zero-order chi connectivity index (χ0) is 13.1. The van der Waals surface area contributed by atoms with Crippen LogP contribution in [0.15, 0.2) is 30.3 Å². The highest BCUT2D eigenvalue weighted by atomic mass is 16.5. The number of pyridine rings is 1. The van der Waals surface area contributed by atoms with Gasteiger partial charge in [-0.2, -0.15) is 0 Å². The van der Waals surface area contributed by atoms with Crippen molar-refractivity contribution < 1.29 is 14.3 Å². The van der Waals surface area contributed by atoms with Gasteiger partial charge in [-0.15, -0.1) is 0 Å². The van der Waals surface area contributed by atoms with Gasteiger partial charge in [0.1, 0.15) is 12.4 Å². The summed E-state index contributed by atoms with van der Waals surface area (Å²) in [5.41, 5.74) is 1.50. The number of hydrogen-bond donors (Lipinski definition) is 0. The van der Waals surface area contributed by atoms with Gasteiger partial charge < -0.3 is 9.47 Å². The lowest BCUT2D eigenvalue weighted by Gasteiger charge is -2.22. The van der Waals surface area contributed by atoms with Crippen LogP contribution in [0, 0.1) is 0 Å². The van der Waals surface area contributed by atoms with Gasteiger partial charge in [0, 0.05) is 29.9 Å². The van der Waals surface area contributed by atoms with Gasteiger partial charge >= 0.3 is 0 Å². The monoisotopic (exact) mass is 257 g/mol. The lowest BCUT2D eigenvalue weighted by atomic mass is 10.1. The second-order valence-electron chi connectivity index (χ2n) is 4.65. The average Bonchev–Trinajstić information content (AvgIpc) is 2.48. The fourth-order valence-electron chi connectivity index (χ4n) is 2.23. The molecule has 0 aliphatic carbocycles. The van der Waals surface area contributed by atoms with E-state index >= 15 is 0 Å². The van der Waals surface area contributed by atoms with Crippen LogP contribution in [0.5, 0.6) is 5.88 Å². The Morgan fingerprint density at radius 1 is 1.21 bits per heavy atom. The number of rotatable bonds is 3. The molecule has 1 aromatic heterocycles. The van der Waals surface area contributed by atoms with Crippen molar-refractivity contribution in [2.24, 2.45) is 0 Å². The van der Waals surface area contributed by atoms with E-state index in [0.717, 1.165) is 43.2 Å². The predicted octanol–water partition coefficient (Wildman–Crippen LogP) is 2.61. The highest BCUT2D eigenvalue weighted by molar-refractivity contribution is 5.86. The summed E-state index contributed by atoms with van der Waals surface area (Å²) >= 11 is 0. The molecule has 0 N–H and O–H groups in total. The van der Waals surface area contributed by atoms with Crippen molar-refractivity contribution in [1.82, 2.24) is 4.98 Å². The topological polar surface area (TPSA) is 48.4 Å². The van der Waals surface area contributed by atoms with E-state index in [0.29, 0.717) is 11.4 Å². The van der Waals surface area contributed by atoms with Gasteiger partial charge in [0.25, 0.3) is 0 Å². The number of ether oxygens (including phenoxy) is 2. The SMILES string of the molecule is O=Cc1ccc2nc(OC3CCOCC3)ccc2c1. The van der Waals surface area contributed by atoms with E-state index in [1.165, 1.54) is 0 Å². The fourth-order valence-corrected chi connectivity index (χ4v) is 2.23. The summed E-state index contributed by atoms with van der Waals surface area (Å²) in [5, 5.41) is 0.948. The molecule has 4 nitrogen and oxygen atoms in total. The third-order valence-corrected chi connectivity index (χ3v) is 3.28. The normalized spacial score (nSPS) is 16.4. The summed E-state index contributed by atoms with van der Waals surface area (Å²) in [7, 11) is 0. The van der Waals surface area contributed by atoms with Crippen LogP contribution in [-0.2, 0) is 4.74 Å². The number of aromatic nitrogens is 1. The highest BCUT2D eigenvalue weighted by Gasteiger charge is 2.15. The summed E-state index contributed by atoms with van der Waals surface area (Å²) < 4.78 is 11.2. The van der Waals surface area contributed by atoms with Crippen LogP contribution in [0.3, 0.4) is 0 Å². The molecule has 4 heteroatoms. The maximum Gasteiger partial charge on any atom is 0.214 e. The van der Waals surface area contributed by atoms with Crippen LogP contribution in [0.25, 0.3) is 10.9 Å². The molecule has 1 aromatic carbocycles. The zero-order valence-electron chi connectivity index (χ0n) is 10.5. The molecule has 2 heterocycles. The molecule has 98 valence electrons. The molecule has 3 rings (SSSR count). The van der Waals surface area contributed by atoms with Gasteiger partial charge in [0.15, 0.2) is 0 Å². The van der Waals surface area contributed by atoms with E-state index in [-0.39, 0.29) is 6.10 Å². The minimum absolute atomic E-state index is 0.188. The zero-order valence-corrected chi connectivity index (χ0v) is 10.5. The first kappa shape index (κ1) is 12.1. The maximum atomic E-state index is 10.7. The van der Waals surface area contributed by atoms with E-state index in [2.05, 4.69) is 4.98 Å². The number of carbonyl (C=O) groups excluding carboxylic acids is 1. The first-order chi connectivity index (χ1) is 9.35. The molecule has 0 amide bonds. The molecule has 0 saturated carbocycles. The third kappa shape index (κ3) is 2.74. The summed E-state index contributed by atoms with van der Waals surface area (Å²) in [5.74, 6) is 0.637. The maximum absolute atomic E-state index is 10.7. The minimum atomic E-state index is 0.188. The minimum Gasteiger partial charge on any atom is -0.474 e. The van der Waals surface area contributed by atoms with Crippen LogP contribution in [0.2, 0.25) is 0 Å². The number of nitrogens with zero attached hydrogens (tertiary/aromatic N) is 1. The number of carbonyl (C=O) groups is 1. The molecule has 1 fully saturated rings. The molecular weight excluding hydrogens is 242 g/mol. The first-order valence-corrected chi connectivity index (χ1v) is 6.45. The van der Waals surface area contributed by atoms with Crippen LogP contribution in [0.4, 0.5) is 0 Å². The number of hydrogen-bond acceptors (Lipinski definition) is 4. The summed E-state index contributed by atoms with van der Waals surface area (Å²) in [4.78, 5) is 15.2. The Hall–Kier alpha value is -1.94. The Kier molecular flexibility index (Phi) is 3.42. The van der Waals surface area contributed by atoms with Crippen LogP contribution >= 0.6 is 0 Å². The van der Waals surface area contributed by atoms with E-state index in [1.807, 2.05) is 24.3 Å². The van der Waals surface area contributed by atoms with Gasteiger partial charge in [-0.3, -0.25) is 4.79 Å². The Bertz CT molecular complexity index is 591. The van der Waals surface area contributed by atoms with Gasteiger partial charge in [-0.25, -0.2) is 4.98 Å². The molecule has 1 aliphatic heterocycles. The molecule has 0 bridgehead atoms. The van der Waals surface area contributed by atoms with Crippen molar-refractivity contribution in [2.75, 3.05) is 13.2 Å². The fraction of sp³-hybridized carbons (Fsp3) is 0.333. The lowest BCUT2D eigenvalue weighted by molar-refractivity contribution is 0.0239. The van der Waals surface area contributed by atoms with Crippen LogP contribution in [0.1, 0.15) is 23.2 Å². The van der Waals surface area contributed by atoms with Crippen molar-refractivity contribution in [3.63, 3.8) is 0 Å². The van der Waals surface area contributed by atoms with Crippen LogP contribution < -0.4 is 4.74 Å². The molecule has 1 aliphatic rings. The quantitative estimate of drug-likeness (QED) is 0.793. The van der Waals surface area contributed by atoms with Gasteiger partial charge in [-0.1, -0.05) is 0 Å². The molecule has 19 heavy (non-hydrogen) atoms. The molecule has 1 saturated heterocycles. The third-order valence-electron chi connectivity index (χ3n) is 3.28. The molecular formula is C15H15NO3. The van der Waals surface area contributed by atoms with Crippen molar-refractivity contribution in [2.45, 2.75) is 18.9 Å². The second-order valence-corrected chi connectivity index (χ2v) is 4.65. The molecule has 0 spiro atoms. The van der Waals surface area contributed by atoms with Gasteiger partial charge in [0.05, 0.1) is 18.7 Å². The number of benzene rings is 1. The lowest BCUT2D eigenvalue weighted by Crippen LogP contribution is -2.26. The highest BCUT2D eigenvalue weighted by Crippen LogP contribution is 2.20.